The Bertz CT molecular complexity index is 2630. The topological polar surface area (TPSA) is 201 Å². The van der Waals surface area contributed by atoms with Crippen LogP contribution < -0.4 is 10.6 Å². The number of piperidine rings is 2. The van der Waals surface area contributed by atoms with Crippen LogP contribution in [0.1, 0.15) is 82.9 Å². The molecule has 0 radical (unpaired) electrons. The number of hydrogen-bond acceptors (Lipinski definition) is 16. The molecule has 0 bridgehead atoms. The summed E-state index contributed by atoms with van der Waals surface area (Å²) in [5.41, 5.74) is 10.4. The van der Waals surface area contributed by atoms with Gasteiger partial charge in [0.1, 0.15) is 17.1 Å². The maximum atomic E-state index is 13.9. The van der Waals surface area contributed by atoms with Crippen LogP contribution in [0.25, 0.3) is 21.6 Å². The first kappa shape index (κ1) is 46.2. The number of phenolic OH excluding ortho intramolecular Hbond substituents is 2. The van der Waals surface area contributed by atoms with Crippen LogP contribution >= 0.6 is 11.3 Å². The number of nitrogen functional groups attached to an aromatic ring is 1. The zero-order chi connectivity index (χ0) is 47.1. The van der Waals surface area contributed by atoms with E-state index < -0.39 is 5.60 Å². The van der Waals surface area contributed by atoms with E-state index in [0.717, 1.165) is 97.2 Å². The van der Waals surface area contributed by atoms with E-state index in [9.17, 15) is 24.9 Å². The van der Waals surface area contributed by atoms with Crippen LogP contribution in [-0.4, -0.2) is 162 Å². The quantitative estimate of drug-likeness (QED) is 0.143. The Morgan fingerprint density at radius 3 is 2.22 bits per heavy atom. The number of nitrogens with zero attached hydrogens (tertiary/aromatic N) is 10. The number of aromatic hydroxyl groups is 2. The molecule has 5 aliphatic rings. The van der Waals surface area contributed by atoms with E-state index in [1.54, 1.807) is 34.7 Å². The third kappa shape index (κ3) is 9.84. The molecule has 360 valence electrons. The molecule has 17 nitrogen and oxygen atoms in total. The number of ether oxygens (including phenoxy) is 1. The molecule has 0 aliphatic carbocycles. The molecule has 0 atom stereocenters. The monoisotopic (exact) mass is 945 g/mol. The van der Waals surface area contributed by atoms with Gasteiger partial charge in [-0.05, 0) is 71.9 Å². The van der Waals surface area contributed by atoms with Crippen molar-refractivity contribution in [3.63, 3.8) is 0 Å². The number of thiophene rings is 1. The van der Waals surface area contributed by atoms with Gasteiger partial charge in [-0.25, -0.2) is 19.9 Å². The Balaban J connectivity index is 0.668. The van der Waals surface area contributed by atoms with Crippen molar-refractivity contribution < 1.29 is 29.6 Å². The van der Waals surface area contributed by atoms with Crippen molar-refractivity contribution in [2.75, 3.05) is 95.8 Å². The van der Waals surface area contributed by atoms with Crippen molar-refractivity contribution in [1.29, 1.82) is 0 Å². The zero-order valence-electron chi connectivity index (χ0n) is 39.1. The van der Waals surface area contributed by atoms with Crippen molar-refractivity contribution in [1.82, 2.24) is 44.4 Å². The summed E-state index contributed by atoms with van der Waals surface area (Å²) < 4.78 is 6.66. The summed E-state index contributed by atoms with van der Waals surface area (Å²) >= 11 is 1.70. The standard InChI is InChI=1S/C50H63N11O6S/c1-32(2)39-23-40(43(63)24-42(39)62)47(64)61-29-35-4-3-34(21-36(35)30-61)28-58-15-13-57(14-16-58)27-33-5-9-60(10-6-33)48(65)50(66)7-11-56(12-8-50)31-38-22-41-44(68-38)46(59-17-19-67-20-18-59)55-45(54-41)37-25-52-49(51)53-26-37/h3-4,21-26,32-33,62-63,66H,5-20,27-31H2,1-2H3,(H2,51,52,53). The van der Waals surface area contributed by atoms with E-state index in [0.29, 0.717) is 94.7 Å². The molecule has 68 heavy (non-hydrogen) atoms. The van der Waals surface area contributed by atoms with Gasteiger partial charge >= 0.3 is 0 Å². The SMILES string of the molecule is CC(C)c1cc(C(=O)N2Cc3ccc(CN4CCN(CC5CCN(C(=O)C6(O)CCN(Cc7cc8nc(-c9cnc(N)nc9)nc(N9CCOCC9)c8s7)CC6)CC5)CC4)cc3C2)c(O)cc1O. The highest BCUT2D eigenvalue weighted by molar-refractivity contribution is 7.19. The maximum Gasteiger partial charge on any atom is 0.258 e. The van der Waals surface area contributed by atoms with Gasteiger partial charge in [-0.3, -0.25) is 19.4 Å². The molecule has 0 spiro atoms. The molecule has 4 saturated heterocycles. The van der Waals surface area contributed by atoms with Gasteiger partial charge in [0.15, 0.2) is 11.6 Å². The molecule has 5 aliphatic heterocycles. The lowest BCUT2D eigenvalue weighted by atomic mass is 9.88. The average Bonchev–Trinajstić information content (AvgIpc) is 3.97. The number of hydrogen-bond donors (Lipinski definition) is 4. The molecule has 5 aromatic rings. The molecule has 10 rings (SSSR count). The summed E-state index contributed by atoms with van der Waals surface area (Å²) in [6.07, 6.45) is 6.03. The first-order chi connectivity index (χ1) is 32.9. The smallest absolute Gasteiger partial charge is 0.258 e. The second-order valence-electron chi connectivity index (χ2n) is 19.7. The summed E-state index contributed by atoms with van der Waals surface area (Å²) in [6, 6.07) is 11.6. The van der Waals surface area contributed by atoms with Crippen LogP contribution in [0.3, 0.4) is 0 Å². The zero-order valence-corrected chi connectivity index (χ0v) is 40.0. The number of piperazine rings is 1. The van der Waals surface area contributed by atoms with Crippen LogP contribution in [0.15, 0.2) is 48.8 Å². The van der Waals surface area contributed by atoms with Crippen molar-refractivity contribution in [2.24, 2.45) is 5.92 Å². The normalized spacial score (nSPS) is 19.9. The number of likely N-dealkylation sites (tertiary alicyclic amines) is 2. The number of phenols is 2. The van der Waals surface area contributed by atoms with Crippen LogP contribution in [0.2, 0.25) is 0 Å². The summed E-state index contributed by atoms with van der Waals surface area (Å²) in [5.74, 6) is 1.64. The van der Waals surface area contributed by atoms with Gasteiger partial charge in [0.25, 0.3) is 11.8 Å². The highest BCUT2D eigenvalue weighted by atomic mass is 32.1. The second kappa shape index (κ2) is 19.5. The number of benzene rings is 2. The van der Waals surface area contributed by atoms with E-state index >= 15 is 0 Å². The highest BCUT2D eigenvalue weighted by Gasteiger charge is 2.43. The van der Waals surface area contributed by atoms with Crippen molar-refractivity contribution in [3.8, 4) is 22.9 Å². The Labute approximate surface area is 401 Å². The van der Waals surface area contributed by atoms with Gasteiger partial charge in [-0.15, -0.1) is 11.3 Å². The molecule has 8 heterocycles. The molecule has 4 fully saturated rings. The van der Waals surface area contributed by atoms with Crippen LogP contribution in [0.4, 0.5) is 11.8 Å². The largest absolute Gasteiger partial charge is 0.508 e. The molecule has 0 saturated carbocycles. The van der Waals surface area contributed by atoms with Gasteiger partial charge < -0.3 is 45.4 Å². The number of nitrogens with two attached hydrogens (primary N) is 1. The Morgan fingerprint density at radius 1 is 0.809 bits per heavy atom. The van der Waals surface area contributed by atoms with E-state index in [2.05, 4.69) is 53.8 Å². The van der Waals surface area contributed by atoms with Gasteiger partial charge in [-0.1, -0.05) is 32.0 Å². The van der Waals surface area contributed by atoms with Crippen molar-refractivity contribution in [3.05, 3.63) is 81.5 Å². The fourth-order valence-corrected chi connectivity index (χ4v) is 11.7. The number of carbonyl (C=O) groups is 2. The molecule has 2 amide bonds. The van der Waals surface area contributed by atoms with Gasteiger partial charge in [0.05, 0.1) is 34.6 Å². The van der Waals surface area contributed by atoms with Crippen LogP contribution in [-0.2, 0) is 35.7 Å². The number of aliphatic hydroxyl groups is 1. The number of amides is 2. The predicted octanol–water partition coefficient (Wildman–Crippen LogP) is 4.64. The molecule has 18 heteroatoms. The van der Waals surface area contributed by atoms with E-state index in [-0.39, 0.29) is 40.7 Å². The number of fused-ring (bicyclic) bond motifs is 2. The van der Waals surface area contributed by atoms with E-state index in [1.807, 2.05) is 18.7 Å². The number of rotatable bonds is 11. The van der Waals surface area contributed by atoms with Crippen LogP contribution in [0.5, 0.6) is 11.5 Å². The third-order valence-corrected chi connectivity index (χ3v) is 15.8. The number of aromatic nitrogens is 4. The van der Waals surface area contributed by atoms with Gasteiger partial charge in [-0.2, -0.15) is 0 Å². The van der Waals surface area contributed by atoms with Crippen molar-refractivity contribution >= 4 is 45.1 Å². The highest BCUT2D eigenvalue weighted by Crippen LogP contribution is 2.38. The fourth-order valence-electron chi connectivity index (χ4n) is 10.6. The summed E-state index contributed by atoms with van der Waals surface area (Å²) in [7, 11) is 0. The Morgan fingerprint density at radius 2 is 1.50 bits per heavy atom. The predicted molar refractivity (Wildman–Crippen MR) is 260 cm³/mol. The first-order valence-electron chi connectivity index (χ1n) is 24.2. The van der Waals surface area contributed by atoms with Gasteiger partial charge in [0, 0.05) is 122 Å². The Hall–Kier alpha value is -5.50. The van der Waals surface area contributed by atoms with Gasteiger partial charge in [0.2, 0.25) is 5.95 Å². The second-order valence-corrected chi connectivity index (χ2v) is 20.8. The lowest BCUT2D eigenvalue weighted by molar-refractivity contribution is -0.158. The minimum absolute atomic E-state index is 0.00255. The summed E-state index contributed by atoms with van der Waals surface area (Å²) in [6.45, 7) is 16.8. The molecule has 2 aromatic carbocycles. The molecule has 5 N–H and O–H groups in total. The van der Waals surface area contributed by atoms with E-state index in [4.69, 9.17) is 20.4 Å². The fraction of sp³-hybridized carbons (Fsp3) is 0.520. The number of morpholine rings is 1. The number of anilines is 2. The minimum Gasteiger partial charge on any atom is -0.508 e. The number of carbonyl (C=O) groups excluding carboxylic acids is 2. The minimum atomic E-state index is -1.34. The maximum absolute atomic E-state index is 13.9. The van der Waals surface area contributed by atoms with Crippen molar-refractivity contribution in [2.45, 2.75) is 77.2 Å². The molecule has 0 unspecified atom stereocenters. The lowest BCUT2D eigenvalue weighted by Crippen LogP contribution is -2.56. The third-order valence-electron chi connectivity index (χ3n) is 14.7. The lowest BCUT2D eigenvalue weighted by Gasteiger charge is -2.42. The summed E-state index contributed by atoms with van der Waals surface area (Å²) in [5, 5.41) is 32.5. The van der Waals surface area contributed by atoms with E-state index in [1.165, 1.54) is 11.6 Å². The average molecular weight is 946 g/mol. The first-order valence-corrected chi connectivity index (χ1v) is 25.0. The Kier molecular flexibility index (Phi) is 13.2. The summed E-state index contributed by atoms with van der Waals surface area (Å²) in [4.78, 5) is 60.1. The molecular weight excluding hydrogens is 883 g/mol. The molecular formula is C50H63N11O6S. The van der Waals surface area contributed by atoms with Crippen LogP contribution in [0, 0.1) is 5.92 Å². The molecule has 3 aromatic heterocycles.